The van der Waals surface area contributed by atoms with Crippen LogP contribution in [-0.2, 0) is 16.0 Å². The molecular weight excluding hydrogens is 375 g/mol. The van der Waals surface area contributed by atoms with Gasteiger partial charge in [0, 0.05) is 57.5 Å². The number of aryl methyl sites for hydroxylation is 1. The van der Waals surface area contributed by atoms with Gasteiger partial charge in [-0.25, -0.2) is 0 Å². The maximum atomic E-state index is 12.5. The van der Waals surface area contributed by atoms with Gasteiger partial charge >= 0.3 is 0 Å². The average molecular weight is 403 g/mol. The van der Waals surface area contributed by atoms with Crippen LogP contribution in [0.15, 0.2) is 24.5 Å². The quantitative estimate of drug-likeness (QED) is 0.811. The molecule has 0 radical (unpaired) electrons. The molecule has 1 aromatic heterocycles. The first-order chi connectivity index (χ1) is 11.7. The van der Waals surface area contributed by atoms with Crippen molar-refractivity contribution < 1.29 is 9.59 Å². The number of piperidine rings is 2. The first-order valence-corrected chi connectivity index (χ1v) is 8.85. The highest BCUT2D eigenvalue weighted by atomic mass is 35.5. The summed E-state index contributed by atoms with van der Waals surface area (Å²) in [6.07, 6.45) is 7.15. The van der Waals surface area contributed by atoms with E-state index in [0.29, 0.717) is 31.8 Å². The van der Waals surface area contributed by atoms with E-state index in [0.717, 1.165) is 37.9 Å². The standard InChI is InChI=1S/C18H26N4O2.2ClH/c19-8-11-22-16-7-10-21(13-15(16)4-6-18(22)24)17(23)5-3-14-2-1-9-20-12-14;;/h1-2,9,12,15-16H,3-8,10-11,13,19H2;2*1H/t15-,16+;;/m0../s1. The summed E-state index contributed by atoms with van der Waals surface area (Å²) in [5.41, 5.74) is 6.75. The van der Waals surface area contributed by atoms with Gasteiger partial charge in [-0.15, -0.1) is 24.8 Å². The number of likely N-dealkylation sites (tertiary alicyclic amines) is 2. The number of nitrogens with two attached hydrogens (primary N) is 1. The molecule has 8 heteroatoms. The van der Waals surface area contributed by atoms with Crippen molar-refractivity contribution in [2.45, 2.75) is 38.1 Å². The Morgan fingerprint density at radius 3 is 2.81 bits per heavy atom. The molecule has 2 atom stereocenters. The van der Waals surface area contributed by atoms with Crippen molar-refractivity contribution in [1.82, 2.24) is 14.8 Å². The predicted molar refractivity (Wildman–Crippen MR) is 106 cm³/mol. The van der Waals surface area contributed by atoms with Gasteiger partial charge in [-0.1, -0.05) is 6.07 Å². The molecule has 0 aromatic carbocycles. The molecule has 1 aromatic rings. The maximum absolute atomic E-state index is 12.5. The van der Waals surface area contributed by atoms with Gasteiger partial charge in [0.15, 0.2) is 0 Å². The van der Waals surface area contributed by atoms with Gasteiger partial charge in [0.1, 0.15) is 0 Å². The van der Waals surface area contributed by atoms with Crippen molar-refractivity contribution in [3.8, 4) is 0 Å². The first kappa shape index (κ1) is 22.7. The third-order valence-corrected chi connectivity index (χ3v) is 5.22. The molecule has 2 saturated heterocycles. The highest BCUT2D eigenvalue weighted by Gasteiger charge is 2.39. The fourth-order valence-corrected chi connectivity index (χ4v) is 3.96. The summed E-state index contributed by atoms with van der Waals surface area (Å²) in [7, 11) is 0. The zero-order valence-electron chi connectivity index (χ0n) is 14.9. The van der Waals surface area contributed by atoms with E-state index in [1.165, 1.54) is 0 Å². The van der Waals surface area contributed by atoms with Crippen LogP contribution in [0, 0.1) is 5.92 Å². The summed E-state index contributed by atoms with van der Waals surface area (Å²) in [6.45, 7) is 2.64. The summed E-state index contributed by atoms with van der Waals surface area (Å²) < 4.78 is 0. The Morgan fingerprint density at radius 1 is 1.31 bits per heavy atom. The Balaban J connectivity index is 0.00000169. The molecular formula is C18H28Cl2N4O2. The number of aromatic nitrogens is 1. The Kier molecular flexibility index (Phi) is 9.33. The number of fused-ring (bicyclic) bond motifs is 1. The second-order valence-electron chi connectivity index (χ2n) is 6.73. The molecule has 6 nitrogen and oxygen atoms in total. The molecule has 0 saturated carbocycles. The topological polar surface area (TPSA) is 79.5 Å². The smallest absolute Gasteiger partial charge is 0.222 e. The third kappa shape index (κ3) is 5.32. The monoisotopic (exact) mass is 402 g/mol. The summed E-state index contributed by atoms with van der Waals surface area (Å²) >= 11 is 0. The van der Waals surface area contributed by atoms with E-state index in [-0.39, 0.29) is 42.7 Å². The van der Waals surface area contributed by atoms with Gasteiger partial charge < -0.3 is 15.5 Å². The van der Waals surface area contributed by atoms with Crippen LogP contribution in [0.1, 0.15) is 31.2 Å². The number of nitrogens with zero attached hydrogens (tertiary/aromatic N) is 3. The highest BCUT2D eigenvalue weighted by Crippen LogP contribution is 2.31. The zero-order chi connectivity index (χ0) is 16.9. The van der Waals surface area contributed by atoms with Crippen LogP contribution >= 0.6 is 24.8 Å². The van der Waals surface area contributed by atoms with E-state index in [1.807, 2.05) is 28.1 Å². The molecule has 2 aliphatic rings. The molecule has 3 heterocycles. The molecule has 0 spiro atoms. The van der Waals surface area contributed by atoms with Crippen LogP contribution in [0.2, 0.25) is 0 Å². The molecule has 0 unspecified atom stereocenters. The van der Waals surface area contributed by atoms with E-state index in [9.17, 15) is 9.59 Å². The first-order valence-electron chi connectivity index (χ1n) is 8.85. The van der Waals surface area contributed by atoms with E-state index >= 15 is 0 Å². The lowest BCUT2D eigenvalue weighted by Gasteiger charge is -2.47. The van der Waals surface area contributed by atoms with Crippen LogP contribution in [0.3, 0.4) is 0 Å². The van der Waals surface area contributed by atoms with Crippen molar-refractivity contribution in [2.75, 3.05) is 26.2 Å². The van der Waals surface area contributed by atoms with Crippen LogP contribution in [-0.4, -0.2) is 58.8 Å². The molecule has 0 aliphatic carbocycles. The Bertz CT molecular complexity index is 588. The lowest BCUT2D eigenvalue weighted by Crippen LogP contribution is -2.57. The van der Waals surface area contributed by atoms with Gasteiger partial charge in [0.05, 0.1) is 0 Å². The summed E-state index contributed by atoms with van der Waals surface area (Å²) in [5.74, 6) is 0.822. The Hall–Kier alpha value is -1.37. The molecule has 2 N–H and O–H groups in total. The maximum Gasteiger partial charge on any atom is 0.222 e. The normalized spacial score (nSPS) is 22.1. The minimum absolute atomic E-state index is 0. The van der Waals surface area contributed by atoms with E-state index in [2.05, 4.69) is 4.98 Å². The van der Waals surface area contributed by atoms with Gasteiger partial charge in [-0.3, -0.25) is 14.6 Å². The second-order valence-corrected chi connectivity index (χ2v) is 6.73. The lowest BCUT2D eigenvalue weighted by atomic mass is 9.83. The van der Waals surface area contributed by atoms with Gasteiger partial charge in [-0.05, 0) is 36.8 Å². The van der Waals surface area contributed by atoms with Crippen LogP contribution in [0.4, 0.5) is 0 Å². The third-order valence-electron chi connectivity index (χ3n) is 5.22. The van der Waals surface area contributed by atoms with Crippen molar-refractivity contribution >= 4 is 36.6 Å². The fourth-order valence-electron chi connectivity index (χ4n) is 3.96. The van der Waals surface area contributed by atoms with E-state index in [1.54, 1.807) is 6.20 Å². The minimum Gasteiger partial charge on any atom is -0.342 e. The van der Waals surface area contributed by atoms with Crippen LogP contribution in [0.5, 0.6) is 0 Å². The predicted octanol–water partition coefficient (Wildman–Crippen LogP) is 1.66. The summed E-state index contributed by atoms with van der Waals surface area (Å²) in [6, 6.07) is 4.16. The molecule has 0 bridgehead atoms. The molecule has 2 amide bonds. The summed E-state index contributed by atoms with van der Waals surface area (Å²) in [4.78, 5) is 32.6. The number of halogens is 2. The van der Waals surface area contributed by atoms with Crippen molar-refractivity contribution in [2.24, 2.45) is 11.7 Å². The van der Waals surface area contributed by atoms with Crippen LogP contribution in [0.25, 0.3) is 0 Å². The number of rotatable bonds is 5. The molecule has 146 valence electrons. The van der Waals surface area contributed by atoms with E-state index < -0.39 is 0 Å². The van der Waals surface area contributed by atoms with E-state index in [4.69, 9.17) is 5.73 Å². The number of hydrogen-bond acceptors (Lipinski definition) is 4. The number of hydrogen-bond donors (Lipinski definition) is 1. The Morgan fingerprint density at radius 2 is 2.12 bits per heavy atom. The van der Waals surface area contributed by atoms with Crippen molar-refractivity contribution in [1.29, 1.82) is 0 Å². The Labute approximate surface area is 167 Å². The molecule has 2 aliphatic heterocycles. The number of carbonyl (C=O) groups excluding carboxylic acids is 2. The molecule has 26 heavy (non-hydrogen) atoms. The number of amides is 2. The largest absolute Gasteiger partial charge is 0.342 e. The zero-order valence-corrected chi connectivity index (χ0v) is 16.5. The summed E-state index contributed by atoms with van der Waals surface area (Å²) in [5, 5.41) is 0. The van der Waals surface area contributed by atoms with Crippen LogP contribution < -0.4 is 5.73 Å². The van der Waals surface area contributed by atoms with Gasteiger partial charge in [-0.2, -0.15) is 0 Å². The van der Waals surface area contributed by atoms with Crippen molar-refractivity contribution in [3.05, 3.63) is 30.1 Å². The fraction of sp³-hybridized carbons (Fsp3) is 0.611. The second kappa shape index (κ2) is 10.7. The molecule has 3 rings (SSSR count). The molecule has 2 fully saturated rings. The van der Waals surface area contributed by atoms with Gasteiger partial charge in [0.25, 0.3) is 0 Å². The highest BCUT2D eigenvalue weighted by molar-refractivity contribution is 5.85. The minimum atomic E-state index is 0. The van der Waals surface area contributed by atoms with Crippen molar-refractivity contribution in [3.63, 3.8) is 0 Å². The van der Waals surface area contributed by atoms with Gasteiger partial charge in [0.2, 0.25) is 11.8 Å². The number of carbonyl (C=O) groups is 2. The average Bonchev–Trinajstić information content (AvgIpc) is 2.62. The lowest BCUT2D eigenvalue weighted by molar-refractivity contribution is -0.144. The number of pyridine rings is 1. The SMILES string of the molecule is Cl.Cl.NCCN1C(=O)CC[C@H]2CN(C(=O)CCc3cccnc3)CC[C@H]21.